The summed E-state index contributed by atoms with van der Waals surface area (Å²) in [6.07, 6.45) is 0. The molecule has 23 heavy (non-hydrogen) atoms. The lowest BCUT2D eigenvalue weighted by Gasteiger charge is -2.07. The predicted octanol–water partition coefficient (Wildman–Crippen LogP) is 2.60. The van der Waals surface area contributed by atoms with Gasteiger partial charge in [0.2, 0.25) is 6.79 Å². The number of halogens is 1. The fraction of sp³-hybridized carbons (Fsp3) is 0.200. The first-order chi connectivity index (χ1) is 11.1. The lowest BCUT2D eigenvalue weighted by Crippen LogP contribution is -2.28. The summed E-state index contributed by atoms with van der Waals surface area (Å²) >= 11 is 6.84. The number of thiophene rings is 1. The van der Waals surface area contributed by atoms with Gasteiger partial charge in [0.15, 0.2) is 18.1 Å². The number of nitrogens with one attached hydrogen (secondary N) is 1. The summed E-state index contributed by atoms with van der Waals surface area (Å²) in [6.45, 7) is 0.157. The van der Waals surface area contributed by atoms with E-state index in [1.165, 1.54) is 0 Å². The number of fused-ring (bicyclic) bond motifs is 1. The molecule has 2 heterocycles. The zero-order chi connectivity index (χ0) is 16.2. The number of benzene rings is 1. The van der Waals surface area contributed by atoms with E-state index in [1.54, 1.807) is 24.3 Å². The molecule has 0 aliphatic carbocycles. The molecule has 1 aromatic carbocycles. The quantitative estimate of drug-likeness (QED) is 0.836. The molecule has 0 fully saturated rings. The SMILES string of the molecule is O=C(COC(=O)c1ccc(Cl)s1)NCc1ccc2c(c1)OCO2. The van der Waals surface area contributed by atoms with E-state index >= 15 is 0 Å². The second kappa shape index (κ2) is 6.89. The first-order valence-corrected chi connectivity index (χ1v) is 7.89. The molecular weight excluding hydrogens is 342 g/mol. The Morgan fingerprint density at radius 3 is 2.83 bits per heavy atom. The molecule has 6 nitrogen and oxygen atoms in total. The minimum atomic E-state index is -0.569. The zero-order valence-electron chi connectivity index (χ0n) is 11.8. The van der Waals surface area contributed by atoms with Crippen molar-refractivity contribution in [1.29, 1.82) is 0 Å². The number of carbonyl (C=O) groups excluding carboxylic acids is 2. The van der Waals surface area contributed by atoms with Gasteiger partial charge >= 0.3 is 5.97 Å². The molecule has 0 saturated carbocycles. The first-order valence-electron chi connectivity index (χ1n) is 6.69. The van der Waals surface area contributed by atoms with Crippen molar-refractivity contribution in [2.75, 3.05) is 13.4 Å². The number of carbonyl (C=O) groups is 2. The standard InChI is InChI=1S/C15H12ClNO5S/c16-13-4-3-12(23-13)15(19)20-7-14(18)17-6-9-1-2-10-11(5-9)22-8-21-10/h1-5H,6-8H2,(H,17,18). The van der Waals surface area contributed by atoms with Gasteiger partial charge in [-0.1, -0.05) is 17.7 Å². The molecule has 1 amide bonds. The van der Waals surface area contributed by atoms with Gasteiger partial charge in [0.1, 0.15) is 4.88 Å². The van der Waals surface area contributed by atoms with Gasteiger partial charge in [-0.25, -0.2) is 4.79 Å². The zero-order valence-corrected chi connectivity index (χ0v) is 13.4. The molecule has 1 aromatic heterocycles. The average Bonchev–Trinajstić information content (AvgIpc) is 3.18. The van der Waals surface area contributed by atoms with Crippen LogP contribution in [0.15, 0.2) is 30.3 Å². The van der Waals surface area contributed by atoms with Crippen LogP contribution in [0.2, 0.25) is 4.34 Å². The van der Waals surface area contributed by atoms with Crippen LogP contribution in [-0.4, -0.2) is 25.3 Å². The Kier molecular flexibility index (Phi) is 4.68. The molecule has 0 spiro atoms. The highest BCUT2D eigenvalue weighted by Crippen LogP contribution is 2.32. The number of rotatable bonds is 5. The highest BCUT2D eigenvalue weighted by atomic mass is 35.5. The predicted molar refractivity (Wildman–Crippen MR) is 84.0 cm³/mol. The van der Waals surface area contributed by atoms with Gasteiger partial charge in [-0.3, -0.25) is 4.79 Å². The highest BCUT2D eigenvalue weighted by molar-refractivity contribution is 7.17. The van der Waals surface area contributed by atoms with Crippen molar-refractivity contribution in [3.8, 4) is 11.5 Å². The molecule has 8 heteroatoms. The Balaban J connectivity index is 1.45. The van der Waals surface area contributed by atoms with Gasteiger partial charge in [-0.05, 0) is 29.8 Å². The highest BCUT2D eigenvalue weighted by Gasteiger charge is 2.14. The molecule has 1 aliphatic heterocycles. The maximum Gasteiger partial charge on any atom is 0.348 e. The fourth-order valence-corrected chi connectivity index (χ4v) is 2.87. The fourth-order valence-electron chi connectivity index (χ4n) is 1.93. The monoisotopic (exact) mass is 353 g/mol. The van der Waals surface area contributed by atoms with E-state index in [4.69, 9.17) is 25.8 Å². The van der Waals surface area contributed by atoms with Crippen molar-refractivity contribution in [2.45, 2.75) is 6.54 Å². The third kappa shape index (κ3) is 3.94. The van der Waals surface area contributed by atoms with Crippen LogP contribution in [0, 0.1) is 0 Å². The van der Waals surface area contributed by atoms with Crippen molar-refractivity contribution in [3.05, 3.63) is 45.1 Å². The van der Waals surface area contributed by atoms with E-state index in [9.17, 15) is 9.59 Å². The normalized spacial score (nSPS) is 12.0. The number of hydrogen-bond donors (Lipinski definition) is 1. The number of ether oxygens (including phenoxy) is 3. The largest absolute Gasteiger partial charge is 0.454 e. The molecule has 0 unspecified atom stereocenters. The molecule has 0 bridgehead atoms. The van der Waals surface area contributed by atoms with E-state index in [0.29, 0.717) is 27.3 Å². The van der Waals surface area contributed by atoms with Crippen molar-refractivity contribution in [2.24, 2.45) is 0 Å². The van der Waals surface area contributed by atoms with Crippen LogP contribution in [0.4, 0.5) is 0 Å². The molecule has 1 N–H and O–H groups in total. The van der Waals surface area contributed by atoms with Gasteiger partial charge in [0.25, 0.3) is 5.91 Å². The molecule has 3 rings (SSSR count). The van der Waals surface area contributed by atoms with Crippen LogP contribution in [0.5, 0.6) is 11.5 Å². The maximum absolute atomic E-state index is 11.7. The maximum atomic E-state index is 11.7. The van der Waals surface area contributed by atoms with E-state index in [2.05, 4.69) is 5.32 Å². The van der Waals surface area contributed by atoms with E-state index in [1.807, 2.05) is 6.07 Å². The molecule has 0 radical (unpaired) electrons. The van der Waals surface area contributed by atoms with Crippen LogP contribution in [0.1, 0.15) is 15.2 Å². The van der Waals surface area contributed by atoms with E-state index in [0.717, 1.165) is 16.9 Å². The summed E-state index contributed by atoms with van der Waals surface area (Å²) in [5, 5.41) is 2.67. The van der Waals surface area contributed by atoms with Crippen LogP contribution < -0.4 is 14.8 Å². The topological polar surface area (TPSA) is 73.9 Å². The van der Waals surface area contributed by atoms with Crippen LogP contribution in [0.25, 0.3) is 0 Å². The first kappa shape index (κ1) is 15.6. The second-order valence-electron chi connectivity index (χ2n) is 4.64. The molecule has 2 aromatic rings. The lowest BCUT2D eigenvalue weighted by molar-refractivity contribution is -0.124. The van der Waals surface area contributed by atoms with Crippen LogP contribution >= 0.6 is 22.9 Å². The van der Waals surface area contributed by atoms with Gasteiger partial charge in [0.05, 0.1) is 4.34 Å². The van der Waals surface area contributed by atoms with Crippen LogP contribution in [0.3, 0.4) is 0 Å². The van der Waals surface area contributed by atoms with E-state index < -0.39 is 11.9 Å². The van der Waals surface area contributed by atoms with Crippen molar-refractivity contribution >= 4 is 34.8 Å². The van der Waals surface area contributed by atoms with Gasteiger partial charge in [-0.2, -0.15) is 0 Å². The summed E-state index contributed by atoms with van der Waals surface area (Å²) in [4.78, 5) is 23.8. The molecule has 120 valence electrons. The minimum absolute atomic E-state index is 0.202. The summed E-state index contributed by atoms with van der Waals surface area (Å²) in [7, 11) is 0. The summed E-state index contributed by atoms with van der Waals surface area (Å²) < 4.78 is 15.9. The van der Waals surface area contributed by atoms with Crippen molar-refractivity contribution in [3.63, 3.8) is 0 Å². The summed E-state index contributed by atoms with van der Waals surface area (Å²) in [6, 6.07) is 8.56. The van der Waals surface area contributed by atoms with Gasteiger partial charge in [-0.15, -0.1) is 11.3 Å². The van der Waals surface area contributed by atoms with Crippen molar-refractivity contribution < 1.29 is 23.8 Å². The summed E-state index contributed by atoms with van der Waals surface area (Å²) in [5.41, 5.74) is 0.860. The molecule has 0 saturated heterocycles. The van der Waals surface area contributed by atoms with Crippen LogP contribution in [-0.2, 0) is 16.1 Å². The number of hydrogen-bond acceptors (Lipinski definition) is 6. The third-order valence-corrected chi connectivity index (χ3v) is 4.25. The van der Waals surface area contributed by atoms with Crippen molar-refractivity contribution in [1.82, 2.24) is 5.32 Å². The lowest BCUT2D eigenvalue weighted by atomic mass is 10.2. The second-order valence-corrected chi connectivity index (χ2v) is 6.36. The third-order valence-electron chi connectivity index (χ3n) is 3.04. The summed E-state index contributed by atoms with van der Waals surface area (Å²) in [5.74, 6) is 0.375. The number of amides is 1. The van der Waals surface area contributed by atoms with Gasteiger partial charge in [0, 0.05) is 6.54 Å². The number of esters is 1. The van der Waals surface area contributed by atoms with Gasteiger partial charge < -0.3 is 19.5 Å². The molecule has 0 atom stereocenters. The Morgan fingerprint density at radius 1 is 1.22 bits per heavy atom. The Bertz CT molecular complexity index is 745. The smallest absolute Gasteiger partial charge is 0.348 e. The Morgan fingerprint density at radius 2 is 2.04 bits per heavy atom. The Hall–Kier alpha value is -2.25. The Labute approximate surface area is 140 Å². The van der Waals surface area contributed by atoms with E-state index in [-0.39, 0.29) is 13.4 Å². The minimum Gasteiger partial charge on any atom is -0.454 e. The molecular formula is C15H12ClNO5S. The molecule has 1 aliphatic rings. The average molecular weight is 354 g/mol.